The number of carbonyl (C=O) groups is 1. The third-order valence-corrected chi connectivity index (χ3v) is 4.63. The summed E-state index contributed by atoms with van der Waals surface area (Å²) in [5.41, 5.74) is 0. The smallest absolute Gasteiger partial charge is 0.225 e. The zero-order chi connectivity index (χ0) is 13.0. The Morgan fingerprint density at radius 2 is 2.17 bits per heavy atom. The molecular formula is C14H21NO2S. The Labute approximate surface area is 112 Å². The first kappa shape index (κ1) is 13.6. The van der Waals surface area contributed by atoms with E-state index in [2.05, 4.69) is 11.4 Å². The molecule has 0 radical (unpaired) electrons. The van der Waals surface area contributed by atoms with Crippen LogP contribution in [0.3, 0.4) is 0 Å². The van der Waals surface area contributed by atoms with Crippen LogP contribution < -0.4 is 0 Å². The van der Waals surface area contributed by atoms with Crippen molar-refractivity contribution in [1.82, 2.24) is 4.90 Å². The van der Waals surface area contributed by atoms with Gasteiger partial charge in [-0.2, -0.15) is 0 Å². The van der Waals surface area contributed by atoms with Gasteiger partial charge in [0, 0.05) is 24.4 Å². The van der Waals surface area contributed by atoms with Gasteiger partial charge in [0.25, 0.3) is 0 Å². The molecule has 1 heterocycles. The molecule has 3 nitrogen and oxygen atoms in total. The molecule has 0 aliphatic heterocycles. The summed E-state index contributed by atoms with van der Waals surface area (Å²) in [6, 6.07) is 4.16. The van der Waals surface area contributed by atoms with Gasteiger partial charge in [-0.15, -0.1) is 11.3 Å². The predicted octanol–water partition coefficient (Wildman–Crippen LogP) is 2.30. The molecule has 1 amide bonds. The Bertz CT molecular complexity index is 369. The van der Waals surface area contributed by atoms with E-state index >= 15 is 0 Å². The lowest BCUT2D eigenvalue weighted by molar-refractivity contribution is -0.135. The lowest BCUT2D eigenvalue weighted by Crippen LogP contribution is -2.36. The Morgan fingerprint density at radius 1 is 1.44 bits per heavy atom. The Balaban J connectivity index is 1.77. The van der Waals surface area contributed by atoms with Crippen molar-refractivity contribution in [3.63, 3.8) is 0 Å². The third kappa shape index (κ3) is 3.56. The van der Waals surface area contributed by atoms with E-state index in [9.17, 15) is 9.90 Å². The number of carbonyl (C=O) groups excluding carboxylic acids is 1. The van der Waals surface area contributed by atoms with Gasteiger partial charge in [-0.3, -0.25) is 4.79 Å². The molecule has 1 fully saturated rings. The van der Waals surface area contributed by atoms with Crippen LogP contribution in [-0.2, 0) is 11.2 Å². The van der Waals surface area contributed by atoms with E-state index in [1.165, 1.54) is 4.88 Å². The molecule has 0 spiro atoms. The van der Waals surface area contributed by atoms with Crippen LogP contribution in [0.1, 0.15) is 30.6 Å². The highest BCUT2D eigenvalue weighted by Gasteiger charge is 2.27. The van der Waals surface area contributed by atoms with Crippen molar-refractivity contribution in [2.75, 3.05) is 13.6 Å². The van der Waals surface area contributed by atoms with E-state index in [-0.39, 0.29) is 17.9 Å². The van der Waals surface area contributed by atoms with Gasteiger partial charge in [0.1, 0.15) is 0 Å². The second kappa shape index (κ2) is 6.34. The molecule has 1 aromatic heterocycles. The zero-order valence-corrected chi connectivity index (χ0v) is 11.7. The van der Waals surface area contributed by atoms with Crippen LogP contribution in [0.5, 0.6) is 0 Å². The average Bonchev–Trinajstić information content (AvgIpc) is 2.89. The lowest BCUT2D eigenvalue weighted by Gasteiger charge is -2.28. The van der Waals surface area contributed by atoms with Crippen LogP contribution in [0.2, 0.25) is 0 Å². The molecule has 1 aliphatic carbocycles. The van der Waals surface area contributed by atoms with Crippen molar-refractivity contribution in [2.45, 2.75) is 38.2 Å². The first-order chi connectivity index (χ1) is 8.66. The van der Waals surface area contributed by atoms with Crippen molar-refractivity contribution in [3.8, 4) is 0 Å². The monoisotopic (exact) mass is 267 g/mol. The molecule has 100 valence electrons. The summed E-state index contributed by atoms with van der Waals surface area (Å²) in [6.45, 7) is 0.790. The highest BCUT2D eigenvalue weighted by molar-refractivity contribution is 7.09. The molecule has 1 aromatic rings. The molecule has 4 heteroatoms. The number of amides is 1. The van der Waals surface area contributed by atoms with Crippen LogP contribution in [0.25, 0.3) is 0 Å². The fraction of sp³-hybridized carbons (Fsp3) is 0.643. The van der Waals surface area contributed by atoms with Crippen molar-refractivity contribution < 1.29 is 9.90 Å². The van der Waals surface area contributed by atoms with E-state index in [0.29, 0.717) is 0 Å². The summed E-state index contributed by atoms with van der Waals surface area (Å²) in [5, 5.41) is 11.5. The van der Waals surface area contributed by atoms with Gasteiger partial charge in [0.15, 0.2) is 0 Å². The van der Waals surface area contributed by atoms with E-state index in [0.717, 1.165) is 38.6 Å². The Morgan fingerprint density at radius 3 is 2.78 bits per heavy atom. The van der Waals surface area contributed by atoms with E-state index < -0.39 is 0 Å². The maximum absolute atomic E-state index is 12.2. The zero-order valence-electron chi connectivity index (χ0n) is 10.8. The largest absolute Gasteiger partial charge is 0.393 e. The number of aliphatic hydroxyl groups is 1. The van der Waals surface area contributed by atoms with Crippen molar-refractivity contribution >= 4 is 17.2 Å². The van der Waals surface area contributed by atoms with Gasteiger partial charge < -0.3 is 10.0 Å². The van der Waals surface area contributed by atoms with Crippen LogP contribution in [-0.4, -0.2) is 35.6 Å². The number of rotatable bonds is 4. The number of thiophene rings is 1. The van der Waals surface area contributed by atoms with Crippen LogP contribution in [0.4, 0.5) is 0 Å². The summed E-state index contributed by atoms with van der Waals surface area (Å²) < 4.78 is 0. The van der Waals surface area contributed by atoms with Gasteiger partial charge in [-0.25, -0.2) is 0 Å². The van der Waals surface area contributed by atoms with Gasteiger partial charge in [0.05, 0.1) is 6.10 Å². The normalized spacial score (nSPS) is 23.9. The maximum Gasteiger partial charge on any atom is 0.225 e. The molecule has 0 atom stereocenters. The highest BCUT2D eigenvalue weighted by Crippen LogP contribution is 2.25. The molecule has 1 aliphatic rings. The minimum atomic E-state index is -0.189. The fourth-order valence-electron chi connectivity index (χ4n) is 2.48. The molecule has 1 saturated carbocycles. The summed E-state index contributed by atoms with van der Waals surface area (Å²) >= 11 is 1.74. The van der Waals surface area contributed by atoms with E-state index in [1.54, 1.807) is 11.3 Å². The molecule has 0 bridgehead atoms. The standard InChI is InChI=1S/C14H21NO2S/c1-15(9-8-13-3-2-10-18-13)14(17)11-4-6-12(16)7-5-11/h2-3,10-12,16H,4-9H2,1H3. The lowest BCUT2D eigenvalue weighted by atomic mass is 9.86. The number of hydrogen-bond donors (Lipinski definition) is 1. The number of aliphatic hydroxyl groups excluding tert-OH is 1. The van der Waals surface area contributed by atoms with Gasteiger partial charge in [0.2, 0.25) is 5.91 Å². The topological polar surface area (TPSA) is 40.5 Å². The van der Waals surface area contributed by atoms with E-state index in [1.807, 2.05) is 18.0 Å². The minimum absolute atomic E-state index is 0.127. The number of likely N-dealkylation sites (N-methyl/N-ethyl adjacent to an activating group) is 1. The minimum Gasteiger partial charge on any atom is -0.393 e. The van der Waals surface area contributed by atoms with Crippen molar-refractivity contribution in [2.24, 2.45) is 5.92 Å². The SMILES string of the molecule is CN(CCc1cccs1)C(=O)C1CCC(O)CC1. The third-order valence-electron chi connectivity index (χ3n) is 3.70. The molecule has 0 unspecified atom stereocenters. The molecule has 1 N–H and O–H groups in total. The van der Waals surface area contributed by atoms with Crippen LogP contribution in [0.15, 0.2) is 17.5 Å². The van der Waals surface area contributed by atoms with Crippen molar-refractivity contribution in [3.05, 3.63) is 22.4 Å². The first-order valence-corrected chi connectivity index (χ1v) is 7.50. The van der Waals surface area contributed by atoms with Gasteiger partial charge in [-0.1, -0.05) is 6.07 Å². The molecule has 0 saturated heterocycles. The van der Waals surface area contributed by atoms with Gasteiger partial charge >= 0.3 is 0 Å². The Hall–Kier alpha value is -0.870. The Kier molecular flexibility index (Phi) is 4.78. The summed E-state index contributed by atoms with van der Waals surface area (Å²) in [6.07, 6.45) is 3.97. The second-order valence-corrected chi connectivity index (χ2v) is 6.13. The summed E-state index contributed by atoms with van der Waals surface area (Å²) in [5.74, 6) is 0.375. The molecule has 0 aromatic carbocycles. The number of hydrogen-bond acceptors (Lipinski definition) is 3. The van der Waals surface area contributed by atoms with Crippen LogP contribution >= 0.6 is 11.3 Å². The fourth-order valence-corrected chi connectivity index (χ4v) is 3.18. The van der Waals surface area contributed by atoms with Crippen LogP contribution in [0, 0.1) is 5.92 Å². The molecular weight excluding hydrogens is 246 g/mol. The second-order valence-electron chi connectivity index (χ2n) is 5.09. The number of nitrogens with zero attached hydrogens (tertiary/aromatic N) is 1. The highest BCUT2D eigenvalue weighted by atomic mass is 32.1. The summed E-state index contributed by atoms with van der Waals surface area (Å²) in [7, 11) is 1.89. The first-order valence-electron chi connectivity index (χ1n) is 6.62. The molecule has 2 rings (SSSR count). The van der Waals surface area contributed by atoms with Gasteiger partial charge in [-0.05, 0) is 43.6 Å². The summed E-state index contributed by atoms with van der Waals surface area (Å²) in [4.78, 5) is 15.4. The molecule has 18 heavy (non-hydrogen) atoms. The van der Waals surface area contributed by atoms with E-state index in [4.69, 9.17) is 0 Å². The van der Waals surface area contributed by atoms with Crippen molar-refractivity contribution in [1.29, 1.82) is 0 Å². The predicted molar refractivity (Wildman–Crippen MR) is 73.6 cm³/mol. The quantitative estimate of drug-likeness (QED) is 0.909. The average molecular weight is 267 g/mol. The maximum atomic E-state index is 12.2.